The van der Waals surface area contributed by atoms with Crippen LogP contribution in [0.3, 0.4) is 0 Å². The van der Waals surface area contributed by atoms with E-state index in [1.165, 1.54) is 4.57 Å². The van der Waals surface area contributed by atoms with E-state index in [1.807, 2.05) is 0 Å². The SMILES string of the molecule is C#Cn1cc([Si](C)(C)C)cnc1=O. The van der Waals surface area contributed by atoms with E-state index < -0.39 is 8.07 Å². The molecule has 0 bridgehead atoms. The zero-order chi connectivity index (χ0) is 10.1. The minimum Gasteiger partial charge on any atom is -0.245 e. The Labute approximate surface area is 78.4 Å². The van der Waals surface area contributed by atoms with Gasteiger partial charge in [-0.3, -0.25) is 0 Å². The Morgan fingerprint density at radius 2 is 2.15 bits per heavy atom. The van der Waals surface area contributed by atoms with Crippen LogP contribution in [-0.4, -0.2) is 17.6 Å². The molecule has 0 unspecified atom stereocenters. The van der Waals surface area contributed by atoms with Crippen LogP contribution in [-0.2, 0) is 0 Å². The lowest BCUT2D eigenvalue weighted by Gasteiger charge is -2.15. The molecule has 68 valence electrons. The molecule has 0 amide bonds. The summed E-state index contributed by atoms with van der Waals surface area (Å²) in [6.45, 7) is 6.53. The third-order valence-electron chi connectivity index (χ3n) is 1.79. The van der Waals surface area contributed by atoms with Gasteiger partial charge in [-0.25, -0.2) is 14.3 Å². The van der Waals surface area contributed by atoms with Gasteiger partial charge >= 0.3 is 5.69 Å². The first-order chi connectivity index (χ1) is 5.95. The number of hydrogen-bond donors (Lipinski definition) is 0. The fourth-order valence-corrected chi connectivity index (χ4v) is 1.86. The first-order valence-electron chi connectivity index (χ1n) is 4.01. The molecule has 0 aromatic carbocycles. The van der Waals surface area contributed by atoms with Gasteiger partial charge in [0.2, 0.25) is 0 Å². The van der Waals surface area contributed by atoms with Gasteiger partial charge in [0.05, 0.1) is 8.07 Å². The van der Waals surface area contributed by atoms with Gasteiger partial charge in [0, 0.05) is 18.4 Å². The second-order valence-corrected chi connectivity index (χ2v) is 8.95. The highest BCUT2D eigenvalue weighted by Gasteiger charge is 2.17. The van der Waals surface area contributed by atoms with Gasteiger partial charge in [-0.15, -0.1) is 0 Å². The fourth-order valence-electron chi connectivity index (χ4n) is 0.894. The molecule has 3 nitrogen and oxygen atoms in total. The lowest BCUT2D eigenvalue weighted by molar-refractivity contribution is 0.955. The molecule has 0 N–H and O–H groups in total. The van der Waals surface area contributed by atoms with Crippen molar-refractivity contribution in [1.29, 1.82) is 0 Å². The molecule has 13 heavy (non-hydrogen) atoms. The quantitative estimate of drug-likeness (QED) is 0.471. The van der Waals surface area contributed by atoms with Crippen molar-refractivity contribution in [3.05, 3.63) is 22.9 Å². The average Bonchev–Trinajstić information content (AvgIpc) is 2.03. The molecule has 0 aliphatic carbocycles. The maximum Gasteiger partial charge on any atom is 0.359 e. The Morgan fingerprint density at radius 1 is 1.54 bits per heavy atom. The fraction of sp³-hybridized carbons (Fsp3) is 0.333. The van der Waals surface area contributed by atoms with E-state index in [1.54, 1.807) is 12.4 Å². The van der Waals surface area contributed by atoms with Gasteiger partial charge < -0.3 is 0 Å². The van der Waals surface area contributed by atoms with Gasteiger partial charge in [-0.2, -0.15) is 0 Å². The third kappa shape index (κ3) is 2.07. The lowest BCUT2D eigenvalue weighted by atomic mass is 10.6. The Hall–Kier alpha value is -1.34. The molecule has 1 aromatic rings. The summed E-state index contributed by atoms with van der Waals surface area (Å²) in [5, 5.41) is 1.09. The minimum absolute atomic E-state index is 0.385. The van der Waals surface area contributed by atoms with Crippen LogP contribution in [0, 0.1) is 12.5 Å². The highest BCUT2D eigenvalue weighted by Crippen LogP contribution is 1.98. The first-order valence-corrected chi connectivity index (χ1v) is 7.51. The molecule has 0 atom stereocenters. The van der Waals surface area contributed by atoms with Crippen molar-refractivity contribution >= 4 is 13.3 Å². The number of nitrogens with zero attached hydrogens (tertiary/aromatic N) is 2. The Morgan fingerprint density at radius 3 is 2.62 bits per heavy atom. The van der Waals surface area contributed by atoms with E-state index in [4.69, 9.17) is 6.42 Å². The first kappa shape index (κ1) is 9.74. The van der Waals surface area contributed by atoms with Crippen LogP contribution in [0.5, 0.6) is 0 Å². The Kier molecular flexibility index (Phi) is 2.39. The maximum absolute atomic E-state index is 11.1. The van der Waals surface area contributed by atoms with E-state index in [9.17, 15) is 4.79 Å². The Balaban J connectivity index is 3.32. The number of hydrogen-bond acceptors (Lipinski definition) is 2. The standard InChI is InChI=1S/C9H12N2OSi/c1-5-11-7-8(13(2,3)4)6-10-9(11)12/h1,6-7H,2-4H3. The number of rotatable bonds is 1. The molecule has 0 aliphatic rings. The van der Waals surface area contributed by atoms with Crippen molar-refractivity contribution in [2.24, 2.45) is 0 Å². The molecule has 4 heteroatoms. The van der Waals surface area contributed by atoms with Crippen molar-refractivity contribution in [2.75, 3.05) is 0 Å². The highest BCUT2D eigenvalue weighted by molar-refractivity contribution is 6.88. The van der Waals surface area contributed by atoms with E-state index in [0.29, 0.717) is 0 Å². The predicted octanol–water partition coefficient (Wildman–Crippen LogP) is 0.227. The topological polar surface area (TPSA) is 34.9 Å². The monoisotopic (exact) mass is 192 g/mol. The van der Waals surface area contributed by atoms with Crippen LogP contribution in [0.4, 0.5) is 0 Å². The molecule has 0 saturated heterocycles. The largest absolute Gasteiger partial charge is 0.359 e. The van der Waals surface area contributed by atoms with Gasteiger partial charge in [0.25, 0.3) is 0 Å². The normalized spacial score (nSPS) is 10.9. The zero-order valence-corrected chi connectivity index (χ0v) is 9.03. The Bertz CT molecular complexity index is 409. The van der Waals surface area contributed by atoms with Crippen molar-refractivity contribution < 1.29 is 0 Å². The summed E-state index contributed by atoms with van der Waals surface area (Å²) in [5.41, 5.74) is -0.385. The predicted molar refractivity (Wildman–Crippen MR) is 55.7 cm³/mol. The second kappa shape index (κ2) is 3.19. The van der Waals surface area contributed by atoms with Crippen LogP contribution < -0.4 is 10.9 Å². The molecule has 0 spiro atoms. The average molecular weight is 192 g/mol. The van der Waals surface area contributed by atoms with Crippen molar-refractivity contribution in [1.82, 2.24) is 9.55 Å². The summed E-state index contributed by atoms with van der Waals surface area (Å²) in [6, 6.07) is 2.27. The molecular weight excluding hydrogens is 180 g/mol. The summed E-state index contributed by atoms with van der Waals surface area (Å²) in [5.74, 6) is 0. The molecule has 0 fully saturated rings. The van der Waals surface area contributed by atoms with Gasteiger partial charge in [0.1, 0.15) is 0 Å². The molecular formula is C9H12N2OSi. The highest BCUT2D eigenvalue weighted by atomic mass is 28.3. The van der Waals surface area contributed by atoms with Gasteiger partial charge in [0.15, 0.2) is 0 Å². The number of terminal acetylenes is 1. The summed E-state index contributed by atoms with van der Waals surface area (Å²) >= 11 is 0. The van der Waals surface area contributed by atoms with Crippen LogP contribution >= 0.6 is 0 Å². The van der Waals surface area contributed by atoms with Crippen molar-refractivity contribution in [3.8, 4) is 12.5 Å². The second-order valence-electron chi connectivity index (χ2n) is 3.87. The van der Waals surface area contributed by atoms with Gasteiger partial charge in [-0.05, 0) is 5.19 Å². The summed E-state index contributed by atoms with van der Waals surface area (Å²) < 4.78 is 1.19. The number of aromatic nitrogens is 2. The summed E-state index contributed by atoms with van der Waals surface area (Å²) in [4.78, 5) is 14.8. The molecule has 0 saturated carbocycles. The molecule has 0 aliphatic heterocycles. The smallest absolute Gasteiger partial charge is 0.245 e. The van der Waals surface area contributed by atoms with Crippen LogP contribution in [0.25, 0.3) is 0 Å². The minimum atomic E-state index is -1.42. The molecule has 0 radical (unpaired) electrons. The zero-order valence-electron chi connectivity index (χ0n) is 8.03. The molecule has 1 aromatic heterocycles. The van der Waals surface area contributed by atoms with Crippen LogP contribution in [0.15, 0.2) is 17.2 Å². The molecule has 1 rings (SSSR count). The maximum atomic E-state index is 11.1. The molecule has 1 heterocycles. The van der Waals surface area contributed by atoms with Crippen LogP contribution in [0.1, 0.15) is 0 Å². The van der Waals surface area contributed by atoms with Crippen LogP contribution in [0.2, 0.25) is 19.6 Å². The third-order valence-corrected chi connectivity index (χ3v) is 3.78. The summed E-state index contributed by atoms with van der Waals surface area (Å²) in [7, 11) is -1.42. The van der Waals surface area contributed by atoms with E-state index in [2.05, 4.69) is 30.7 Å². The van der Waals surface area contributed by atoms with E-state index in [-0.39, 0.29) is 5.69 Å². The summed E-state index contributed by atoms with van der Waals surface area (Å²) in [6.07, 6.45) is 8.49. The van der Waals surface area contributed by atoms with E-state index >= 15 is 0 Å². The van der Waals surface area contributed by atoms with E-state index in [0.717, 1.165) is 5.19 Å². The lowest BCUT2D eigenvalue weighted by Crippen LogP contribution is -2.41. The van der Waals surface area contributed by atoms with Gasteiger partial charge in [-0.1, -0.05) is 26.1 Å². The van der Waals surface area contributed by atoms with Crippen molar-refractivity contribution in [3.63, 3.8) is 0 Å². The van der Waals surface area contributed by atoms with Crippen molar-refractivity contribution in [2.45, 2.75) is 19.6 Å².